The van der Waals surface area contributed by atoms with Crippen LogP contribution in [0, 0.1) is 6.92 Å². The fourth-order valence-corrected chi connectivity index (χ4v) is 4.02. The molecule has 2 aromatic rings. The van der Waals surface area contributed by atoms with Gasteiger partial charge in [-0.25, -0.2) is 0 Å². The summed E-state index contributed by atoms with van der Waals surface area (Å²) in [4.78, 5) is 17.3. The second kappa shape index (κ2) is 9.18. The molecule has 1 N–H and O–H groups in total. The van der Waals surface area contributed by atoms with Crippen molar-refractivity contribution in [2.75, 3.05) is 26.7 Å². The summed E-state index contributed by atoms with van der Waals surface area (Å²) in [6, 6.07) is 10.9. The van der Waals surface area contributed by atoms with Gasteiger partial charge < -0.3 is 9.80 Å². The van der Waals surface area contributed by atoms with Crippen LogP contribution in [0.15, 0.2) is 30.3 Å². The van der Waals surface area contributed by atoms with Gasteiger partial charge in [0.25, 0.3) is 5.91 Å². The van der Waals surface area contributed by atoms with Crippen molar-refractivity contribution < 1.29 is 4.79 Å². The number of likely N-dealkylation sites (tertiary alicyclic amines) is 1. The first-order valence-corrected chi connectivity index (χ1v) is 10.2. The van der Waals surface area contributed by atoms with Gasteiger partial charge in [0.1, 0.15) is 0 Å². The maximum absolute atomic E-state index is 12.9. The lowest BCUT2D eigenvalue weighted by atomic mass is 10.0. The summed E-state index contributed by atoms with van der Waals surface area (Å²) in [5, 5.41) is 7.28. The normalized spacial score (nSPS) is 17.8. The van der Waals surface area contributed by atoms with Gasteiger partial charge in [0.05, 0.1) is 0 Å². The number of carbonyl (C=O) groups excluding carboxylic acids is 1. The van der Waals surface area contributed by atoms with Gasteiger partial charge in [-0.2, -0.15) is 5.10 Å². The topological polar surface area (TPSA) is 52.2 Å². The lowest BCUT2D eigenvalue weighted by Crippen LogP contribution is -2.49. The van der Waals surface area contributed by atoms with Crippen LogP contribution in [0.3, 0.4) is 0 Å². The molecule has 1 atom stereocenters. The van der Waals surface area contributed by atoms with E-state index in [1.807, 2.05) is 18.9 Å². The minimum atomic E-state index is 0.0413. The molecular formula is C22H32N4O. The molecule has 0 bridgehead atoms. The number of hydrogen-bond donors (Lipinski definition) is 1. The van der Waals surface area contributed by atoms with Crippen LogP contribution in [0.1, 0.15) is 53.5 Å². The summed E-state index contributed by atoms with van der Waals surface area (Å²) < 4.78 is 0. The molecule has 1 amide bonds. The molecule has 0 saturated carbocycles. The number of aryl methyl sites for hydroxylation is 2. The van der Waals surface area contributed by atoms with Crippen molar-refractivity contribution in [2.24, 2.45) is 0 Å². The Labute approximate surface area is 162 Å². The molecule has 1 aliphatic heterocycles. The maximum Gasteiger partial charge on any atom is 0.274 e. The van der Waals surface area contributed by atoms with Crippen LogP contribution < -0.4 is 0 Å². The number of likely N-dealkylation sites (N-methyl/N-ethyl adjacent to an activating group) is 1. The van der Waals surface area contributed by atoms with E-state index in [9.17, 15) is 4.79 Å². The molecular weight excluding hydrogens is 336 g/mol. The van der Waals surface area contributed by atoms with Gasteiger partial charge in [-0.15, -0.1) is 0 Å². The zero-order chi connectivity index (χ0) is 19.2. The Morgan fingerprint density at radius 1 is 1.33 bits per heavy atom. The fraction of sp³-hybridized carbons (Fsp3) is 0.545. The van der Waals surface area contributed by atoms with E-state index in [2.05, 4.69) is 52.4 Å². The molecule has 2 heterocycles. The number of nitrogens with zero attached hydrogens (tertiary/aromatic N) is 3. The largest absolute Gasteiger partial charge is 0.336 e. The SMILES string of the molecule is CCc1[nH]nc(C(=O)N(C)C2CCCN(CCCc3ccccc3)C2)c1C. The van der Waals surface area contributed by atoms with Gasteiger partial charge in [-0.3, -0.25) is 9.89 Å². The Morgan fingerprint density at radius 2 is 2.11 bits per heavy atom. The number of aromatic nitrogens is 2. The fourth-order valence-electron chi connectivity index (χ4n) is 4.02. The predicted molar refractivity (Wildman–Crippen MR) is 109 cm³/mol. The van der Waals surface area contributed by atoms with Crippen LogP contribution in [-0.2, 0) is 12.8 Å². The number of H-pyrrole nitrogens is 1. The first kappa shape index (κ1) is 19.6. The van der Waals surface area contributed by atoms with E-state index >= 15 is 0 Å². The zero-order valence-electron chi connectivity index (χ0n) is 16.9. The minimum Gasteiger partial charge on any atom is -0.336 e. The molecule has 3 rings (SSSR count). The van der Waals surface area contributed by atoms with E-state index in [1.54, 1.807) is 0 Å². The Hall–Kier alpha value is -2.14. The number of rotatable bonds is 7. The van der Waals surface area contributed by atoms with Gasteiger partial charge in [-0.1, -0.05) is 37.3 Å². The van der Waals surface area contributed by atoms with Crippen LogP contribution in [-0.4, -0.2) is 58.6 Å². The number of piperidine rings is 1. The molecule has 146 valence electrons. The third kappa shape index (κ3) is 4.78. The Kier molecular flexibility index (Phi) is 6.67. The molecule has 1 saturated heterocycles. The molecule has 1 unspecified atom stereocenters. The van der Waals surface area contributed by atoms with E-state index < -0.39 is 0 Å². The lowest BCUT2D eigenvalue weighted by Gasteiger charge is -2.37. The van der Waals surface area contributed by atoms with Gasteiger partial charge in [0.2, 0.25) is 0 Å². The van der Waals surface area contributed by atoms with Crippen molar-refractivity contribution in [3.8, 4) is 0 Å². The average molecular weight is 369 g/mol. The van der Waals surface area contributed by atoms with Crippen molar-refractivity contribution in [1.82, 2.24) is 20.0 Å². The van der Waals surface area contributed by atoms with E-state index in [0.717, 1.165) is 63.0 Å². The van der Waals surface area contributed by atoms with E-state index in [0.29, 0.717) is 5.69 Å². The van der Waals surface area contributed by atoms with Gasteiger partial charge in [-0.05, 0) is 57.7 Å². The summed E-state index contributed by atoms with van der Waals surface area (Å²) >= 11 is 0. The second-order valence-electron chi connectivity index (χ2n) is 7.63. The summed E-state index contributed by atoms with van der Waals surface area (Å²) in [6.07, 6.45) is 5.36. The minimum absolute atomic E-state index is 0.0413. The number of hydrogen-bond acceptors (Lipinski definition) is 3. The lowest BCUT2D eigenvalue weighted by molar-refractivity contribution is 0.0610. The summed E-state index contributed by atoms with van der Waals surface area (Å²) in [6.45, 7) is 7.25. The maximum atomic E-state index is 12.9. The summed E-state index contributed by atoms with van der Waals surface area (Å²) in [5.74, 6) is 0.0413. The van der Waals surface area contributed by atoms with Crippen LogP contribution in [0.4, 0.5) is 0 Å². The van der Waals surface area contributed by atoms with Crippen molar-refractivity contribution in [3.63, 3.8) is 0 Å². The van der Waals surface area contributed by atoms with Crippen molar-refractivity contribution in [3.05, 3.63) is 52.8 Å². The number of carbonyl (C=O) groups is 1. The molecule has 1 aliphatic rings. The number of aromatic amines is 1. The molecule has 1 aromatic heterocycles. The van der Waals surface area contributed by atoms with E-state index in [-0.39, 0.29) is 11.9 Å². The Morgan fingerprint density at radius 3 is 2.81 bits per heavy atom. The quantitative estimate of drug-likeness (QED) is 0.814. The second-order valence-corrected chi connectivity index (χ2v) is 7.63. The molecule has 0 spiro atoms. The smallest absolute Gasteiger partial charge is 0.274 e. The van der Waals surface area contributed by atoms with Gasteiger partial charge in [0.15, 0.2) is 5.69 Å². The highest BCUT2D eigenvalue weighted by Crippen LogP contribution is 2.19. The molecule has 0 radical (unpaired) electrons. The van der Waals surface area contributed by atoms with Crippen molar-refractivity contribution in [2.45, 2.75) is 52.0 Å². The standard InChI is InChI=1S/C22H32N4O/c1-4-20-17(2)21(24-23-20)22(27)25(3)19-13-9-15-26(16-19)14-8-12-18-10-6-5-7-11-18/h5-7,10-11,19H,4,8-9,12-16H2,1-3H3,(H,23,24). The summed E-state index contributed by atoms with van der Waals surface area (Å²) in [7, 11) is 1.93. The third-order valence-electron chi connectivity index (χ3n) is 5.80. The molecule has 1 aromatic carbocycles. The van der Waals surface area contributed by atoms with Gasteiger partial charge in [0, 0.05) is 30.9 Å². The number of amides is 1. The van der Waals surface area contributed by atoms with Gasteiger partial charge >= 0.3 is 0 Å². The zero-order valence-corrected chi connectivity index (χ0v) is 16.9. The molecule has 1 fully saturated rings. The first-order chi connectivity index (χ1) is 13.1. The van der Waals surface area contributed by atoms with Crippen LogP contribution in [0.5, 0.6) is 0 Å². The van der Waals surface area contributed by atoms with E-state index in [4.69, 9.17) is 0 Å². The van der Waals surface area contributed by atoms with Crippen LogP contribution in [0.2, 0.25) is 0 Å². The molecule has 0 aliphatic carbocycles. The monoisotopic (exact) mass is 368 g/mol. The first-order valence-electron chi connectivity index (χ1n) is 10.2. The highest BCUT2D eigenvalue weighted by Gasteiger charge is 2.28. The highest BCUT2D eigenvalue weighted by molar-refractivity contribution is 5.94. The Balaban J connectivity index is 1.53. The predicted octanol–water partition coefficient (Wildman–Crippen LogP) is 3.45. The number of nitrogens with one attached hydrogen (secondary N) is 1. The average Bonchev–Trinajstić information content (AvgIpc) is 3.08. The number of benzene rings is 1. The van der Waals surface area contributed by atoms with Crippen molar-refractivity contribution >= 4 is 5.91 Å². The third-order valence-corrected chi connectivity index (χ3v) is 5.80. The van der Waals surface area contributed by atoms with Crippen LogP contribution >= 0.6 is 0 Å². The van der Waals surface area contributed by atoms with Crippen molar-refractivity contribution in [1.29, 1.82) is 0 Å². The van der Waals surface area contributed by atoms with E-state index in [1.165, 1.54) is 5.56 Å². The Bertz CT molecular complexity index is 740. The molecule has 5 heteroatoms. The molecule has 27 heavy (non-hydrogen) atoms. The van der Waals surface area contributed by atoms with Crippen LogP contribution in [0.25, 0.3) is 0 Å². The highest BCUT2D eigenvalue weighted by atomic mass is 16.2. The molecule has 5 nitrogen and oxygen atoms in total. The summed E-state index contributed by atoms with van der Waals surface area (Å²) in [5.41, 5.74) is 4.03.